The highest BCUT2D eigenvalue weighted by atomic mass is 16.7. The molecule has 1 aliphatic rings. The average Bonchev–Trinajstić information content (AvgIpc) is 2.66. The van der Waals surface area contributed by atoms with Gasteiger partial charge in [0.1, 0.15) is 0 Å². The molecule has 0 radical (unpaired) electrons. The van der Waals surface area contributed by atoms with Gasteiger partial charge in [-0.05, 0) is 33.7 Å². The van der Waals surface area contributed by atoms with Crippen molar-refractivity contribution in [3.63, 3.8) is 0 Å². The van der Waals surface area contributed by atoms with E-state index in [1.54, 1.807) is 0 Å². The third-order valence-corrected chi connectivity index (χ3v) is 4.79. The van der Waals surface area contributed by atoms with Gasteiger partial charge in [0.2, 0.25) is 0 Å². The van der Waals surface area contributed by atoms with Crippen LogP contribution < -0.4 is 0 Å². The van der Waals surface area contributed by atoms with E-state index >= 15 is 0 Å². The number of rotatable bonds is 3. The molecule has 1 aliphatic heterocycles. The predicted octanol–water partition coefficient (Wildman–Crippen LogP) is 3.01. The zero-order valence-electron chi connectivity index (χ0n) is 13.3. The molecule has 0 atom stereocenters. The Morgan fingerprint density at radius 3 is 2.12 bits per heavy atom. The maximum Gasteiger partial charge on any atom is 0.184 e. The van der Waals surface area contributed by atoms with E-state index in [2.05, 4.69) is 30.3 Å². The molecular formula is C20H20O4. The van der Waals surface area contributed by atoms with Gasteiger partial charge in [-0.1, -0.05) is 42.5 Å². The zero-order chi connectivity index (χ0) is 16.6. The first-order chi connectivity index (χ1) is 11.7. The van der Waals surface area contributed by atoms with Crippen molar-refractivity contribution in [2.45, 2.75) is 6.29 Å². The highest BCUT2D eigenvalue weighted by Crippen LogP contribution is 2.35. The first-order valence-corrected chi connectivity index (χ1v) is 8.11. The van der Waals surface area contributed by atoms with Crippen molar-refractivity contribution in [3.8, 4) is 0 Å². The summed E-state index contributed by atoms with van der Waals surface area (Å²) in [6, 6.07) is 18.7. The van der Waals surface area contributed by atoms with Gasteiger partial charge in [0.15, 0.2) is 6.29 Å². The van der Waals surface area contributed by atoms with Gasteiger partial charge < -0.3 is 19.7 Å². The van der Waals surface area contributed by atoms with Crippen LogP contribution in [0.25, 0.3) is 21.5 Å². The predicted molar refractivity (Wildman–Crippen MR) is 92.7 cm³/mol. The minimum atomic E-state index is -0.715. The molecule has 24 heavy (non-hydrogen) atoms. The second kappa shape index (κ2) is 6.15. The summed E-state index contributed by atoms with van der Waals surface area (Å²) >= 11 is 0. The Morgan fingerprint density at radius 2 is 1.46 bits per heavy atom. The highest BCUT2D eigenvalue weighted by molar-refractivity contribution is 5.99. The molecule has 124 valence electrons. The van der Waals surface area contributed by atoms with E-state index in [1.165, 1.54) is 10.8 Å². The second-order valence-electron chi connectivity index (χ2n) is 6.54. The van der Waals surface area contributed by atoms with E-state index in [1.807, 2.05) is 24.3 Å². The van der Waals surface area contributed by atoms with Crippen LogP contribution in [0, 0.1) is 5.41 Å². The van der Waals surface area contributed by atoms with Gasteiger partial charge in [0.25, 0.3) is 0 Å². The van der Waals surface area contributed by atoms with Crippen LogP contribution in [0.4, 0.5) is 0 Å². The lowest BCUT2D eigenvalue weighted by Gasteiger charge is -2.37. The number of hydrogen-bond donors (Lipinski definition) is 2. The van der Waals surface area contributed by atoms with E-state index in [4.69, 9.17) is 9.47 Å². The van der Waals surface area contributed by atoms with Gasteiger partial charge in [-0.2, -0.15) is 0 Å². The summed E-state index contributed by atoms with van der Waals surface area (Å²) in [5.41, 5.74) is 0.260. The van der Waals surface area contributed by atoms with Gasteiger partial charge in [-0.15, -0.1) is 0 Å². The molecular weight excluding hydrogens is 304 g/mol. The Labute approximate surface area is 140 Å². The van der Waals surface area contributed by atoms with E-state index in [-0.39, 0.29) is 26.4 Å². The van der Waals surface area contributed by atoms with Gasteiger partial charge >= 0.3 is 0 Å². The van der Waals surface area contributed by atoms with Gasteiger partial charge in [-0.3, -0.25) is 0 Å². The molecule has 0 unspecified atom stereocenters. The summed E-state index contributed by atoms with van der Waals surface area (Å²) in [4.78, 5) is 0. The lowest BCUT2D eigenvalue weighted by molar-refractivity contribution is -0.247. The number of hydrogen-bond acceptors (Lipinski definition) is 4. The summed E-state index contributed by atoms with van der Waals surface area (Å²) in [5.74, 6) is 0. The lowest BCUT2D eigenvalue weighted by atomic mass is 9.91. The molecule has 0 saturated carbocycles. The van der Waals surface area contributed by atoms with Crippen LogP contribution in [0.1, 0.15) is 11.9 Å². The van der Waals surface area contributed by atoms with Crippen LogP contribution in [-0.4, -0.2) is 36.6 Å². The number of fused-ring (bicyclic) bond motifs is 2. The van der Waals surface area contributed by atoms with Crippen molar-refractivity contribution >= 4 is 21.5 Å². The summed E-state index contributed by atoms with van der Waals surface area (Å²) < 4.78 is 11.7. The Bertz CT molecular complexity index is 860. The number of aliphatic hydroxyl groups excluding tert-OH is 2. The standard InChI is InChI=1S/C20H20O4/c21-10-20(11-22)12-23-19(24-13-20)17-7-3-6-16-8-14-4-1-2-5-15(14)9-18(16)17/h1-9,19,21-22H,10-13H2. The van der Waals surface area contributed by atoms with E-state index in [9.17, 15) is 10.2 Å². The van der Waals surface area contributed by atoms with E-state index in [0.29, 0.717) is 0 Å². The molecule has 4 heteroatoms. The molecule has 3 aromatic rings. The first kappa shape index (κ1) is 15.5. The van der Waals surface area contributed by atoms with Crippen LogP contribution >= 0.6 is 0 Å². The van der Waals surface area contributed by atoms with Gasteiger partial charge in [0, 0.05) is 5.56 Å². The molecule has 0 amide bonds. The Hall–Kier alpha value is -1.98. The van der Waals surface area contributed by atoms with Gasteiger partial charge in [-0.25, -0.2) is 0 Å². The average molecular weight is 324 g/mol. The summed E-state index contributed by atoms with van der Waals surface area (Å²) in [7, 11) is 0. The minimum absolute atomic E-state index is 0.156. The quantitative estimate of drug-likeness (QED) is 0.727. The molecule has 0 aromatic heterocycles. The molecule has 4 nitrogen and oxygen atoms in total. The maximum atomic E-state index is 9.47. The van der Waals surface area contributed by atoms with Crippen LogP contribution in [0.3, 0.4) is 0 Å². The summed E-state index contributed by atoms with van der Waals surface area (Å²) in [6.07, 6.45) is -0.485. The van der Waals surface area contributed by atoms with E-state index in [0.717, 1.165) is 16.3 Å². The Morgan fingerprint density at radius 1 is 0.833 bits per heavy atom. The number of aliphatic hydroxyl groups is 2. The normalized spacial score (nSPS) is 18.2. The van der Waals surface area contributed by atoms with Crippen LogP contribution in [0.2, 0.25) is 0 Å². The van der Waals surface area contributed by atoms with Crippen molar-refractivity contribution in [3.05, 3.63) is 60.2 Å². The molecule has 0 aliphatic carbocycles. The van der Waals surface area contributed by atoms with Crippen molar-refractivity contribution in [1.29, 1.82) is 0 Å². The fraction of sp³-hybridized carbons (Fsp3) is 0.300. The smallest absolute Gasteiger partial charge is 0.184 e. The maximum absolute atomic E-state index is 9.47. The first-order valence-electron chi connectivity index (χ1n) is 8.11. The molecule has 4 rings (SSSR count). The molecule has 0 bridgehead atoms. The van der Waals surface area contributed by atoms with Crippen LogP contribution in [-0.2, 0) is 9.47 Å². The topological polar surface area (TPSA) is 58.9 Å². The highest BCUT2D eigenvalue weighted by Gasteiger charge is 2.37. The summed E-state index contributed by atoms with van der Waals surface area (Å²) in [5, 5.41) is 23.5. The van der Waals surface area contributed by atoms with Crippen molar-refractivity contribution in [2.24, 2.45) is 5.41 Å². The fourth-order valence-electron chi connectivity index (χ4n) is 3.20. The largest absolute Gasteiger partial charge is 0.396 e. The van der Waals surface area contributed by atoms with E-state index < -0.39 is 11.7 Å². The van der Waals surface area contributed by atoms with Crippen LogP contribution in [0.5, 0.6) is 0 Å². The molecule has 3 aromatic carbocycles. The molecule has 1 saturated heterocycles. The number of benzene rings is 3. The fourth-order valence-corrected chi connectivity index (χ4v) is 3.20. The van der Waals surface area contributed by atoms with Crippen molar-refractivity contribution in [2.75, 3.05) is 26.4 Å². The Balaban J connectivity index is 1.73. The Kier molecular flexibility index (Phi) is 3.98. The zero-order valence-corrected chi connectivity index (χ0v) is 13.3. The molecule has 0 spiro atoms. The monoisotopic (exact) mass is 324 g/mol. The minimum Gasteiger partial charge on any atom is -0.396 e. The second-order valence-corrected chi connectivity index (χ2v) is 6.54. The summed E-state index contributed by atoms with van der Waals surface area (Å²) in [6.45, 7) is 0.232. The van der Waals surface area contributed by atoms with Gasteiger partial charge in [0.05, 0.1) is 31.8 Å². The molecule has 1 fully saturated rings. The van der Waals surface area contributed by atoms with Crippen molar-refractivity contribution in [1.82, 2.24) is 0 Å². The third-order valence-electron chi connectivity index (χ3n) is 4.79. The number of ether oxygens (including phenoxy) is 2. The van der Waals surface area contributed by atoms with Crippen LogP contribution in [0.15, 0.2) is 54.6 Å². The SMILES string of the molecule is OCC1(CO)COC(c2cccc3cc4ccccc4cc23)OC1. The van der Waals surface area contributed by atoms with Crippen molar-refractivity contribution < 1.29 is 19.7 Å². The molecule has 2 N–H and O–H groups in total. The molecule has 1 heterocycles. The lowest BCUT2D eigenvalue weighted by Crippen LogP contribution is -2.44. The third kappa shape index (κ3) is 2.58.